The number of carboxylic acids is 1. The zero-order valence-corrected chi connectivity index (χ0v) is 8.77. The van der Waals surface area contributed by atoms with Crippen molar-refractivity contribution in [1.29, 1.82) is 0 Å². The summed E-state index contributed by atoms with van der Waals surface area (Å²) < 4.78 is 4.59. The van der Waals surface area contributed by atoms with Gasteiger partial charge in [-0.1, -0.05) is 0 Å². The highest BCUT2D eigenvalue weighted by molar-refractivity contribution is 5.84. The molecule has 7 nitrogen and oxygen atoms in total. The van der Waals surface area contributed by atoms with Crippen LogP contribution in [0.2, 0.25) is 0 Å². The third-order valence-electron chi connectivity index (χ3n) is 1.89. The number of rotatable bonds is 6. The van der Waals surface area contributed by atoms with E-state index in [1.54, 1.807) is 0 Å². The van der Waals surface area contributed by atoms with Crippen molar-refractivity contribution < 1.29 is 19.4 Å². The van der Waals surface area contributed by atoms with E-state index in [2.05, 4.69) is 20.0 Å². The van der Waals surface area contributed by atoms with Crippen LogP contribution in [-0.2, 0) is 20.7 Å². The Morgan fingerprint density at radius 2 is 2.44 bits per heavy atom. The van der Waals surface area contributed by atoms with Crippen LogP contribution in [0.1, 0.15) is 5.69 Å². The number of carboxylic acid groups (broad SMARTS) is 1. The quantitative estimate of drug-likeness (QED) is 0.588. The van der Waals surface area contributed by atoms with Crippen LogP contribution in [0.5, 0.6) is 0 Å². The molecule has 0 saturated heterocycles. The maximum atomic E-state index is 11.2. The molecule has 88 valence electrons. The lowest BCUT2D eigenvalue weighted by Gasteiger charge is -2.12. The number of carbonyl (C=O) groups excluding carboxylic acids is 1. The number of ether oxygens (including phenoxy) is 1. The van der Waals surface area contributed by atoms with E-state index in [-0.39, 0.29) is 13.0 Å². The van der Waals surface area contributed by atoms with Crippen LogP contribution in [0.15, 0.2) is 12.5 Å². The Morgan fingerprint density at radius 3 is 2.94 bits per heavy atom. The molecule has 1 rings (SSSR count). The van der Waals surface area contributed by atoms with Crippen LogP contribution in [0.3, 0.4) is 0 Å². The molecule has 0 aliphatic carbocycles. The maximum Gasteiger partial charge on any atom is 0.326 e. The van der Waals surface area contributed by atoms with E-state index < -0.39 is 17.9 Å². The van der Waals surface area contributed by atoms with Crippen LogP contribution in [0.25, 0.3) is 0 Å². The number of H-pyrrole nitrogens is 1. The summed E-state index contributed by atoms with van der Waals surface area (Å²) in [5.41, 5.74) is 0.644. The van der Waals surface area contributed by atoms with Crippen LogP contribution in [-0.4, -0.2) is 46.7 Å². The summed E-state index contributed by atoms with van der Waals surface area (Å²) in [6.45, 7) is -0.160. The fourth-order valence-electron chi connectivity index (χ4n) is 1.18. The number of hydrogen-bond acceptors (Lipinski definition) is 4. The van der Waals surface area contributed by atoms with E-state index in [0.717, 1.165) is 0 Å². The number of imidazole rings is 1. The Kier molecular flexibility index (Phi) is 4.46. The first kappa shape index (κ1) is 12.2. The summed E-state index contributed by atoms with van der Waals surface area (Å²) in [4.78, 5) is 28.6. The second-order valence-corrected chi connectivity index (χ2v) is 3.17. The second kappa shape index (κ2) is 5.86. The first-order chi connectivity index (χ1) is 7.63. The van der Waals surface area contributed by atoms with Crippen molar-refractivity contribution in [3.05, 3.63) is 18.2 Å². The van der Waals surface area contributed by atoms with Crippen LogP contribution < -0.4 is 5.32 Å². The topological polar surface area (TPSA) is 104 Å². The average molecular weight is 227 g/mol. The number of aliphatic carboxylic acids is 1. The van der Waals surface area contributed by atoms with E-state index in [0.29, 0.717) is 5.69 Å². The molecule has 1 heterocycles. The maximum absolute atomic E-state index is 11.2. The van der Waals surface area contributed by atoms with Gasteiger partial charge in [0.1, 0.15) is 12.6 Å². The van der Waals surface area contributed by atoms with Gasteiger partial charge in [-0.15, -0.1) is 0 Å². The predicted octanol–water partition coefficient (Wildman–Crippen LogP) is -0.832. The third-order valence-corrected chi connectivity index (χ3v) is 1.89. The number of carbonyl (C=O) groups is 2. The number of amides is 1. The molecule has 0 saturated carbocycles. The van der Waals surface area contributed by atoms with Crippen molar-refractivity contribution in [3.63, 3.8) is 0 Å². The highest BCUT2D eigenvalue weighted by Gasteiger charge is 2.20. The highest BCUT2D eigenvalue weighted by Crippen LogP contribution is 1.98. The van der Waals surface area contributed by atoms with Crippen LogP contribution in [0.4, 0.5) is 0 Å². The number of nitrogens with one attached hydrogen (secondary N) is 2. The standard InChI is InChI=1S/C9H13N3O4/c1-16-4-8(13)12-7(9(14)15)2-6-3-10-5-11-6/h3,5,7H,2,4H2,1H3,(H,10,11)(H,12,13)(H,14,15). The number of aromatic amines is 1. The molecular formula is C9H13N3O4. The number of nitrogens with zero attached hydrogens (tertiary/aromatic N) is 1. The highest BCUT2D eigenvalue weighted by atomic mass is 16.5. The van der Waals surface area contributed by atoms with E-state index in [9.17, 15) is 9.59 Å². The lowest BCUT2D eigenvalue weighted by molar-refractivity contribution is -0.142. The number of aromatic nitrogens is 2. The monoisotopic (exact) mass is 227 g/mol. The molecule has 0 aliphatic rings. The summed E-state index contributed by atoms with van der Waals surface area (Å²) in [7, 11) is 1.37. The van der Waals surface area contributed by atoms with Crippen molar-refractivity contribution in [2.45, 2.75) is 12.5 Å². The zero-order chi connectivity index (χ0) is 12.0. The second-order valence-electron chi connectivity index (χ2n) is 3.17. The smallest absolute Gasteiger partial charge is 0.326 e. The molecule has 0 fully saturated rings. The fraction of sp³-hybridized carbons (Fsp3) is 0.444. The van der Waals surface area contributed by atoms with Crippen LogP contribution >= 0.6 is 0 Å². The van der Waals surface area contributed by atoms with E-state index in [4.69, 9.17) is 5.11 Å². The molecule has 16 heavy (non-hydrogen) atoms. The fourth-order valence-corrected chi connectivity index (χ4v) is 1.18. The molecular weight excluding hydrogens is 214 g/mol. The van der Waals surface area contributed by atoms with E-state index >= 15 is 0 Å². The van der Waals surface area contributed by atoms with Crippen molar-refractivity contribution in [2.75, 3.05) is 13.7 Å². The van der Waals surface area contributed by atoms with Crippen molar-refractivity contribution >= 4 is 11.9 Å². The third kappa shape index (κ3) is 3.70. The molecule has 1 amide bonds. The summed E-state index contributed by atoms with van der Waals surface area (Å²) in [5, 5.41) is 11.2. The number of hydrogen-bond donors (Lipinski definition) is 3. The normalized spacial score (nSPS) is 12.1. The van der Waals surface area contributed by atoms with Gasteiger partial charge in [0.25, 0.3) is 0 Å². The molecule has 1 aromatic rings. The summed E-state index contributed by atoms with van der Waals surface area (Å²) in [6.07, 6.45) is 3.12. The molecule has 0 aromatic carbocycles. The van der Waals surface area contributed by atoms with E-state index in [1.165, 1.54) is 19.6 Å². The van der Waals surface area contributed by atoms with Gasteiger partial charge in [0.05, 0.1) is 6.33 Å². The van der Waals surface area contributed by atoms with Gasteiger partial charge in [0.2, 0.25) is 5.91 Å². The predicted molar refractivity (Wildman–Crippen MR) is 53.7 cm³/mol. The molecule has 7 heteroatoms. The Bertz CT molecular complexity index is 350. The average Bonchev–Trinajstić information content (AvgIpc) is 2.69. The Labute approximate surface area is 91.8 Å². The molecule has 0 radical (unpaired) electrons. The Morgan fingerprint density at radius 1 is 1.69 bits per heavy atom. The number of methoxy groups -OCH3 is 1. The van der Waals surface area contributed by atoms with E-state index in [1.807, 2.05) is 0 Å². The SMILES string of the molecule is COCC(=O)NC(Cc1cnc[nH]1)C(=O)O. The minimum Gasteiger partial charge on any atom is -0.480 e. The Hall–Kier alpha value is -1.89. The lowest BCUT2D eigenvalue weighted by Crippen LogP contribution is -2.43. The summed E-state index contributed by atoms with van der Waals surface area (Å²) in [5.74, 6) is -1.56. The molecule has 0 aliphatic heterocycles. The van der Waals surface area contributed by atoms with Gasteiger partial charge in [-0.3, -0.25) is 4.79 Å². The minimum atomic E-state index is -1.10. The zero-order valence-electron chi connectivity index (χ0n) is 8.77. The van der Waals surface area contributed by atoms with Crippen molar-refractivity contribution in [3.8, 4) is 0 Å². The minimum absolute atomic E-state index is 0.158. The van der Waals surface area contributed by atoms with Gasteiger partial charge in [-0.05, 0) is 0 Å². The molecule has 1 atom stereocenters. The molecule has 3 N–H and O–H groups in total. The first-order valence-electron chi connectivity index (χ1n) is 4.62. The lowest BCUT2D eigenvalue weighted by atomic mass is 10.1. The summed E-state index contributed by atoms with van der Waals surface area (Å²) in [6, 6.07) is -0.983. The van der Waals surface area contributed by atoms with Crippen molar-refractivity contribution in [1.82, 2.24) is 15.3 Å². The van der Waals surface area contributed by atoms with Gasteiger partial charge in [-0.25, -0.2) is 9.78 Å². The molecule has 0 spiro atoms. The summed E-state index contributed by atoms with van der Waals surface area (Å²) >= 11 is 0. The van der Waals surface area contributed by atoms with Gasteiger partial charge in [-0.2, -0.15) is 0 Å². The molecule has 0 bridgehead atoms. The Balaban J connectivity index is 2.54. The first-order valence-corrected chi connectivity index (χ1v) is 4.62. The van der Waals surface area contributed by atoms with Crippen LogP contribution in [0, 0.1) is 0 Å². The van der Waals surface area contributed by atoms with Gasteiger partial charge in [0.15, 0.2) is 0 Å². The molecule has 1 aromatic heterocycles. The van der Waals surface area contributed by atoms with Gasteiger partial charge in [0, 0.05) is 25.4 Å². The largest absolute Gasteiger partial charge is 0.480 e. The van der Waals surface area contributed by atoms with Crippen molar-refractivity contribution in [2.24, 2.45) is 0 Å². The van der Waals surface area contributed by atoms with Gasteiger partial charge < -0.3 is 20.1 Å². The molecule has 1 unspecified atom stereocenters. The van der Waals surface area contributed by atoms with Gasteiger partial charge >= 0.3 is 5.97 Å².